The molecule has 28 heavy (non-hydrogen) atoms. The molecule has 2 atom stereocenters. The van der Waals surface area contributed by atoms with E-state index in [1.54, 1.807) is 6.07 Å². The van der Waals surface area contributed by atoms with Crippen molar-refractivity contribution in [3.05, 3.63) is 34.1 Å². The fourth-order valence-electron chi connectivity index (χ4n) is 4.57. The van der Waals surface area contributed by atoms with Gasteiger partial charge in [-0.15, -0.1) is 0 Å². The smallest absolute Gasteiger partial charge is 0.291 e. The van der Waals surface area contributed by atoms with E-state index >= 15 is 0 Å². The van der Waals surface area contributed by atoms with E-state index in [0.717, 1.165) is 30.2 Å². The Morgan fingerprint density at radius 2 is 1.89 bits per heavy atom. The van der Waals surface area contributed by atoms with Crippen LogP contribution in [-0.4, -0.2) is 38.1 Å². The second-order valence-corrected chi connectivity index (χ2v) is 8.40. The lowest BCUT2D eigenvalue weighted by Crippen LogP contribution is -2.42. The first kappa shape index (κ1) is 18.8. The van der Waals surface area contributed by atoms with E-state index in [1.807, 2.05) is 29.2 Å². The summed E-state index contributed by atoms with van der Waals surface area (Å²) in [5.74, 6) is 2.83. The molecule has 0 saturated carbocycles. The summed E-state index contributed by atoms with van der Waals surface area (Å²) in [7, 11) is 0. The van der Waals surface area contributed by atoms with Crippen LogP contribution in [0.25, 0.3) is 16.6 Å². The predicted molar refractivity (Wildman–Crippen MR) is 107 cm³/mol. The zero-order valence-corrected chi connectivity index (χ0v) is 17.1. The predicted octanol–water partition coefficient (Wildman–Crippen LogP) is 3.14. The van der Waals surface area contributed by atoms with Gasteiger partial charge in [-0.25, -0.2) is 4.68 Å². The van der Waals surface area contributed by atoms with Crippen LogP contribution in [0.5, 0.6) is 0 Å². The summed E-state index contributed by atoms with van der Waals surface area (Å²) in [5, 5.41) is 4.47. The van der Waals surface area contributed by atoms with Gasteiger partial charge >= 0.3 is 0 Å². The van der Waals surface area contributed by atoms with Crippen molar-refractivity contribution < 1.29 is 9.21 Å². The normalized spacial score (nSPS) is 20.4. The van der Waals surface area contributed by atoms with Gasteiger partial charge < -0.3 is 9.32 Å². The van der Waals surface area contributed by atoms with Crippen LogP contribution >= 0.6 is 0 Å². The summed E-state index contributed by atoms with van der Waals surface area (Å²) in [4.78, 5) is 27.4. The molecule has 0 bridgehead atoms. The highest BCUT2D eigenvalue weighted by molar-refractivity contribution is 5.83. The summed E-state index contributed by atoms with van der Waals surface area (Å²) in [5.41, 5.74) is 1.97. The number of amides is 1. The minimum Gasteiger partial charge on any atom is -0.460 e. The van der Waals surface area contributed by atoms with Crippen LogP contribution in [0.1, 0.15) is 44.7 Å². The van der Waals surface area contributed by atoms with Gasteiger partial charge in [-0.2, -0.15) is 5.10 Å². The summed E-state index contributed by atoms with van der Waals surface area (Å²) in [6.45, 7) is 10.3. The highest BCUT2D eigenvalue weighted by Crippen LogP contribution is 2.23. The zero-order valence-electron chi connectivity index (χ0n) is 17.1. The number of aromatic nitrogens is 3. The lowest BCUT2D eigenvalue weighted by Gasteiger charge is -2.35. The molecular formula is C21H28N4O3. The van der Waals surface area contributed by atoms with Gasteiger partial charge in [0.2, 0.25) is 5.91 Å². The van der Waals surface area contributed by atoms with Gasteiger partial charge in [0, 0.05) is 38.2 Å². The van der Waals surface area contributed by atoms with Crippen LogP contribution in [0.4, 0.5) is 0 Å². The Bertz CT molecular complexity index is 1080. The van der Waals surface area contributed by atoms with Crippen LogP contribution in [0.3, 0.4) is 0 Å². The number of carbonyl (C=O) groups excluding carboxylic acids is 1. The van der Waals surface area contributed by atoms with Crippen LogP contribution in [-0.2, 0) is 11.3 Å². The monoisotopic (exact) mass is 384 g/mol. The van der Waals surface area contributed by atoms with E-state index in [1.165, 1.54) is 11.1 Å². The number of fused-ring (bicyclic) bond motifs is 3. The molecule has 4 rings (SSSR count). The molecule has 0 N–H and O–H groups in total. The van der Waals surface area contributed by atoms with E-state index < -0.39 is 0 Å². The van der Waals surface area contributed by atoms with E-state index in [0.29, 0.717) is 42.3 Å². The Morgan fingerprint density at radius 3 is 2.61 bits per heavy atom. The Kier molecular flexibility index (Phi) is 4.77. The number of hydrogen-bond acceptors (Lipinski definition) is 4. The third-order valence-electron chi connectivity index (χ3n) is 5.64. The van der Waals surface area contributed by atoms with Gasteiger partial charge in [-0.1, -0.05) is 13.8 Å². The van der Waals surface area contributed by atoms with Gasteiger partial charge in [-0.05, 0) is 38.5 Å². The maximum atomic E-state index is 12.8. The second kappa shape index (κ2) is 7.11. The molecule has 0 aromatic carbocycles. The van der Waals surface area contributed by atoms with Crippen LogP contribution in [0.2, 0.25) is 0 Å². The first-order valence-corrected chi connectivity index (χ1v) is 10.1. The number of hydrogen-bond donors (Lipinski definition) is 0. The fourth-order valence-corrected chi connectivity index (χ4v) is 4.57. The lowest BCUT2D eigenvalue weighted by atomic mass is 9.91. The fraction of sp³-hybridized carbons (Fsp3) is 0.571. The molecule has 3 aromatic rings. The zero-order chi connectivity index (χ0) is 20.0. The summed E-state index contributed by atoms with van der Waals surface area (Å²) >= 11 is 0. The molecule has 2 unspecified atom stereocenters. The molecule has 150 valence electrons. The van der Waals surface area contributed by atoms with Crippen LogP contribution in [0.15, 0.2) is 21.3 Å². The van der Waals surface area contributed by atoms with Crippen molar-refractivity contribution in [2.75, 3.05) is 13.1 Å². The largest absolute Gasteiger partial charge is 0.460 e. The van der Waals surface area contributed by atoms with Crippen molar-refractivity contribution in [2.45, 2.75) is 53.5 Å². The Balaban J connectivity index is 1.48. The van der Waals surface area contributed by atoms with Crippen molar-refractivity contribution >= 4 is 22.5 Å². The number of likely N-dealkylation sites (tertiary alicyclic amines) is 1. The number of furan rings is 1. The van der Waals surface area contributed by atoms with Gasteiger partial charge in [0.15, 0.2) is 5.58 Å². The van der Waals surface area contributed by atoms with E-state index in [2.05, 4.69) is 18.9 Å². The minimum absolute atomic E-state index is 0.151. The molecule has 7 nitrogen and oxygen atoms in total. The highest BCUT2D eigenvalue weighted by atomic mass is 16.3. The summed E-state index contributed by atoms with van der Waals surface area (Å²) in [6.07, 6.45) is 2.24. The maximum absolute atomic E-state index is 12.8. The molecule has 7 heteroatoms. The van der Waals surface area contributed by atoms with Crippen molar-refractivity contribution in [3.8, 4) is 0 Å². The standard InChI is InChI=1S/C21H28N4O3/c1-13-8-14(2)12-23(11-13)20(26)6-5-7-24-21(27)18-10-19-17(9-15(3)28-19)25(18)16(4)22-24/h9-10,13-14H,5-8,11-12H2,1-4H3. The molecule has 3 aromatic heterocycles. The molecule has 0 aliphatic carbocycles. The van der Waals surface area contributed by atoms with E-state index in [4.69, 9.17) is 4.42 Å². The summed E-state index contributed by atoms with van der Waals surface area (Å²) < 4.78 is 8.97. The molecule has 1 aliphatic rings. The van der Waals surface area contributed by atoms with Gasteiger partial charge in [0.1, 0.15) is 17.1 Å². The van der Waals surface area contributed by atoms with Gasteiger partial charge in [0.05, 0.1) is 5.52 Å². The van der Waals surface area contributed by atoms with Crippen molar-refractivity contribution in [1.82, 2.24) is 19.1 Å². The third-order valence-corrected chi connectivity index (χ3v) is 5.64. The first-order valence-electron chi connectivity index (χ1n) is 10.1. The molecular weight excluding hydrogens is 356 g/mol. The molecule has 4 heterocycles. The second-order valence-electron chi connectivity index (χ2n) is 8.40. The van der Waals surface area contributed by atoms with Crippen molar-refractivity contribution in [1.29, 1.82) is 0 Å². The van der Waals surface area contributed by atoms with Gasteiger partial charge in [-0.3, -0.25) is 14.0 Å². The van der Waals surface area contributed by atoms with Crippen molar-refractivity contribution in [3.63, 3.8) is 0 Å². The molecule has 0 radical (unpaired) electrons. The lowest BCUT2D eigenvalue weighted by molar-refractivity contribution is -0.134. The number of aryl methyl sites for hydroxylation is 3. The molecule has 1 fully saturated rings. The summed E-state index contributed by atoms with van der Waals surface area (Å²) in [6, 6.07) is 3.69. The quantitative estimate of drug-likeness (QED) is 0.693. The maximum Gasteiger partial charge on any atom is 0.291 e. The molecule has 1 amide bonds. The van der Waals surface area contributed by atoms with E-state index in [9.17, 15) is 9.59 Å². The third kappa shape index (κ3) is 3.34. The average Bonchev–Trinajstić information content (AvgIpc) is 3.14. The van der Waals surface area contributed by atoms with Crippen LogP contribution in [0, 0.1) is 25.7 Å². The van der Waals surface area contributed by atoms with Crippen LogP contribution < -0.4 is 5.56 Å². The Hall–Kier alpha value is -2.57. The SMILES string of the molecule is Cc1cc2c(cc3c(=O)n(CCCC(=O)N4CC(C)CC(C)C4)nc(C)n32)o1. The number of rotatable bonds is 4. The minimum atomic E-state index is -0.151. The van der Waals surface area contributed by atoms with E-state index in [-0.39, 0.29) is 11.5 Å². The molecule has 1 aliphatic heterocycles. The number of nitrogens with zero attached hydrogens (tertiary/aromatic N) is 4. The number of piperidine rings is 1. The topological polar surface area (TPSA) is 72.8 Å². The number of carbonyl (C=O) groups is 1. The van der Waals surface area contributed by atoms with Gasteiger partial charge in [0.25, 0.3) is 5.56 Å². The molecule has 1 saturated heterocycles. The molecule has 0 spiro atoms. The average molecular weight is 384 g/mol. The highest BCUT2D eigenvalue weighted by Gasteiger charge is 2.25. The first-order chi connectivity index (χ1) is 13.3. The van der Waals surface area contributed by atoms with Crippen molar-refractivity contribution in [2.24, 2.45) is 11.8 Å². The Labute approximate surface area is 163 Å². The Morgan fingerprint density at radius 1 is 1.18 bits per heavy atom.